The largest absolute Gasteiger partial charge is 0.360 e. The van der Waals surface area contributed by atoms with Crippen molar-refractivity contribution in [3.8, 4) is 0 Å². The molecule has 5 heteroatoms. The zero-order valence-electron chi connectivity index (χ0n) is 13.0. The quantitative estimate of drug-likeness (QED) is 0.909. The standard InChI is InChI=1S/C18H19ClN2OS/c1-13-11-21(16-7-2-3-8-17(16)23-13)12-18(22)20-10-14-5-4-6-15(19)9-14/h2-9,13H,10-12H2,1H3,(H,20,22)/t13-/m0/s1. The first-order chi connectivity index (χ1) is 11.1. The molecular weight excluding hydrogens is 328 g/mol. The van der Waals surface area contributed by atoms with Crippen LogP contribution in [0.4, 0.5) is 5.69 Å². The fourth-order valence-corrected chi connectivity index (χ4v) is 4.08. The molecule has 23 heavy (non-hydrogen) atoms. The summed E-state index contributed by atoms with van der Waals surface area (Å²) in [5.74, 6) is 0.0267. The third kappa shape index (κ3) is 4.21. The van der Waals surface area contributed by atoms with Gasteiger partial charge in [-0.3, -0.25) is 4.79 Å². The van der Waals surface area contributed by atoms with Crippen LogP contribution in [0, 0.1) is 0 Å². The van der Waals surface area contributed by atoms with Crippen LogP contribution in [0.5, 0.6) is 0 Å². The van der Waals surface area contributed by atoms with Crippen LogP contribution in [0.2, 0.25) is 5.02 Å². The lowest BCUT2D eigenvalue weighted by Gasteiger charge is -2.33. The van der Waals surface area contributed by atoms with Gasteiger partial charge < -0.3 is 10.2 Å². The lowest BCUT2D eigenvalue weighted by molar-refractivity contribution is -0.119. The SMILES string of the molecule is C[C@H]1CN(CC(=O)NCc2cccc(Cl)c2)c2ccccc2S1. The van der Waals surface area contributed by atoms with Gasteiger partial charge in [0, 0.05) is 28.3 Å². The summed E-state index contributed by atoms with van der Waals surface area (Å²) in [4.78, 5) is 15.7. The topological polar surface area (TPSA) is 32.3 Å². The van der Waals surface area contributed by atoms with Crippen LogP contribution in [0.25, 0.3) is 0 Å². The van der Waals surface area contributed by atoms with Gasteiger partial charge in [-0.15, -0.1) is 11.8 Å². The van der Waals surface area contributed by atoms with Crippen molar-refractivity contribution in [1.29, 1.82) is 0 Å². The van der Waals surface area contributed by atoms with Crippen molar-refractivity contribution in [2.24, 2.45) is 0 Å². The molecule has 0 aliphatic carbocycles. The molecular formula is C18H19ClN2OS. The van der Waals surface area contributed by atoms with Gasteiger partial charge in [0.25, 0.3) is 0 Å². The minimum absolute atomic E-state index is 0.0267. The maximum Gasteiger partial charge on any atom is 0.239 e. The Bertz CT molecular complexity index is 707. The van der Waals surface area contributed by atoms with Gasteiger partial charge >= 0.3 is 0 Å². The number of nitrogens with one attached hydrogen (secondary N) is 1. The summed E-state index contributed by atoms with van der Waals surface area (Å²) in [5, 5.41) is 4.14. The maximum atomic E-state index is 12.3. The lowest BCUT2D eigenvalue weighted by atomic mass is 10.2. The number of fused-ring (bicyclic) bond motifs is 1. The highest BCUT2D eigenvalue weighted by atomic mass is 35.5. The van der Waals surface area contributed by atoms with Gasteiger partial charge in [-0.1, -0.05) is 42.8 Å². The normalized spacial score (nSPS) is 16.8. The van der Waals surface area contributed by atoms with Crippen molar-refractivity contribution >= 4 is 35.0 Å². The van der Waals surface area contributed by atoms with Crippen molar-refractivity contribution < 1.29 is 4.79 Å². The number of benzene rings is 2. The van der Waals surface area contributed by atoms with Crippen LogP contribution in [-0.4, -0.2) is 24.2 Å². The molecule has 0 saturated carbocycles. The number of hydrogen-bond acceptors (Lipinski definition) is 3. The zero-order chi connectivity index (χ0) is 16.2. The molecule has 2 aromatic carbocycles. The van der Waals surface area contributed by atoms with Crippen molar-refractivity contribution in [3.05, 3.63) is 59.1 Å². The van der Waals surface area contributed by atoms with E-state index in [0.717, 1.165) is 17.8 Å². The Balaban J connectivity index is 1.62. The van der Waals surface area contributed by atoms with E-state index in [1.807, 2.05) is 48.2 Å². The number of thioether (sulfide) groups is 1. The molecule has 1 atom stereocenters. The molecule has 3 nitrogen and oxygen atoms in total. The van der Waals surface area contributed by atoms with Crippen LogP contribution in [0.1, 0.15) is 12.5 Å². The second-order valence-corrected chi connectivity index (χ2v) is 7.60. The van der Waals surface area contributed by atoms with Gasteiger partial charge in [0.2, 0.25) is 5.91 Å². The smallest absolute Gasteiger partial charge is 0.239 e. The number of hydrogen-bond donors (Lipinski definition) is 1. The van der Waals surface area contributed by atoms with Crippen molar-refractivity contribution in [1.82, 2.24) is 5.32 Å². The van der Waals surface area contributed by atoms with E-state index < -0.39 is 0 Å². The third-order valence-corrected chi connectivity index (χ3v) is 5.11. The average molecular weight is 347 g/mol. The number of anilines is 1. The summed E-state index contributed by atoms with van der Waals surface area (Å²) >= 11 is 7.83. The second kappa shape index (κ2) is 7.28. The minimum atomic E-state index is 0.0267. The summed E-state index contributed by atoms with van der Waals surface area (Å²) in [5.41, 5.74) is 2.15. The van der Waals surface area contributed by atoms with E-state index in [-0.39, 0.29) is 5.91 Å². The fourth-order valence-electron chi connectivity index (χ4n) is 2.71. The predicted molar refractivity (Wildman–Crippen MR) is 97.3 cm³/mol. The number of carbonyl (C=O) groups excluding carboxylic acids is 1. The molecule has 0 bridgehead atoms. The van der Waals surface area contributed by atoms with E-state index >= 15 is 0 Å². The van der Waals surface area contributed by atoms with Crippen molar-refractivity contribution in [2.75, 3.05) is 18.0 Å². The Hall–Kier alpha value is -1.65. The van der Waals surface area contributed by atoms with Crippen LogP contribution in [0.3, 0.4) is 0 Å². The molecule has 1 aliphatic rings. The van der Waals surface area contributed by atoms with Crippen molar-refractivity contribution in [3.63, 3.8) is 0 Å². The Morgan fingerprint density at radius 3 is 2.96 bits per heavy atom. The molecule has 1 aliphatic heterocycles. The Morgan fingerprint density at radius 2 is 2.13 bits per heavy atom. The lowest BCUT2D eigenvalue weighted by Crippen LogP contribution is -2.41. The highest BCUT2D eigenvalue weighted by Crippen LogP contribution is 2.37. The summed E-state index contributed by atoms with van der Waals surface area (Å²) in [6.07, 6.45) is 0. The third-order valence-electron chi connectivity index (χ3n) is 3.72. The molecule has 0 spiro atoms. The van der Waals surface area contributed by atoms with Crippen LogP contribution >= 0.6 is 23.4 Å². The van der Waals surface area contributed by atoms with Gasteiger partial charge in [-0.2, -0.15) is 0 Å². The summed E-state index contributed by atoms with van der Waals surface area (Å²) in [6, 6.07) is 15.8. The van der Waals surface area contributed by atoms with E-state index in [0.29, 0.717) is 23.4 Å². The number of nitrogens with zero attached hydrogens (tertiary/aromatic N) is 1. The van der Waals surface area contributed by atoms with Crippen LogP contribution in [0.15, 0.2) is 53.4 Å². The van der Waals surface area contributed by atoms with Gasteiger partial charge in [0.15, 0.2) is 0 Å². The molecule has 1 heterocycles. The number of para-hydroxylation sites is 1. The zero-order valence-corrected chi connectivity index (χ0v) is 14.5. The molecule has 0 fully saturated rings. The molecule has 0 radical (unpaired) electrons. The molecule has 120 valence electrons. The number of amides is 1. The summed E-state index contributed by atoms with van der Waals surface area (Å²) in [6.45, 7) is 3.95. The monoisotopic (exact) mass is 346 g/mol. The van der Waals surface area contributed by atoms with Crippen molar-refractivity contribution in [2.45, 2.75) is 23.6 Å². The van der Waals surface area contributed by atoms with Gasteiger partial charge in [0.1, 0.15) is 0 Å². The molecule has 2 aromatic rings. The van der Waals surface area contributed by atoms with E-state index in [1.54, 1.807) is 0 Å². The maximum absolute atomic E-state index is 12.3. The summed E-state index contributed by atoms with van der Waals surface area (Å²) in [7, 11) is 0. The van der Waals surface area contributed by atoms with E-state index in [9.17, 15) is 4.79 Å². The van der Waals surface area contributed by atoms with Crippen LogP contribution in [-0.2, 0) is 11.3 Å². The van der Waals surface area contributed by atoms with E-state index in [4.69, 9.17) is 11.6 Å². The highest BCUT2D eigenvalue weighted by Gasteiger charge is 2.23. The van der Waals surface area contributed by atoms with E-state index in [1.165, 1.54) is 4.90 Å². The molecule has 0 unspecified atom stereocenters. The predicted octanol–water partition coefficient (Wildman–Crippen LogP) is 3.96. The number of rotatable bonds is 4. The van der Waals surface area contributed by atoms with Crippen LogP contribution < -0.4 is 10.2 Å². The first kappa shape index (κ1) is 16.2. The van der Waals surface area contributed by atoms with Gasteiger partial charge in [-0.25, -0.2) is 0 Å². The molecule has 3 rings (SSSR count). The molecule has 0 saturated heterocycles. The highest BCUT2D eigenvalue weighted by molar-refractivity contribution is 8.00. The Labute approximate surface area is 146 Å². The second-order valence-electron chi connectivity index (χ2n) is 5.68. The minimum Gasteiger partial charge on any atom is -0.360 e. The number of carbonyl (C=O) groups is 1. The Kier molecular flexibility index (Phi) is 5.13. The average Bonchev–Trinajstić information content (AvgIpc) is 2.53. The Morgan fingerprint density at radius 1 is 1.30 bits per heavy atom. The molecule has 1 amide bonds. The molecule has 0 aromatic heterocycles. The van der Waals surface area contributed by atoms with E-state index in [2.05, 4.69) is 29.3 Å². The first-order valence-corrected chi connectivity index (χ1v) is 8.89. The van der Waals surface area contributed by atoms with Gasteiger partial charge in [-0.05, 0) is 29.8 Å². The fraction of sp³-hybridized carbons (Fsp3) is 0.278. The summed E-state index contributed by atoms with van der Waals surface area (Å²) < 4.78 is 0. The van der Waals surface area contributed by atoms with Gasteiger partial charge in [0.05, 0.1) is 12.2 Å². The number of halogens is 1. The first-order valence-electron chi connectivity index (χ1n) is 7.63. The molecule has 1 N–H and O–H groups in total.